The Kier molecular flexibility index (Phi) is 5.91. The molecule has 0 bridgehead atoms. The number of nitrogens with one attached hydrogen (secondary N) is 1. The van der Waals surface area contributed by atoms with Gasteiger partial charge in [0.2, 0.25) is 0 Å². The van der Waals surface area contributed by atoms with E-state index in [1.807, 2.05) is 30.3 Å². The summed E-state index contributed by atoms with van der Waals surface area (Å²) >= 11 is 9.73. The van der Waals surface area contributed by atoms with E-state index >= 15 is 0 Å². The van der Waals surface area contributed by atoms with Crippen molar-refractivity contribution in [2.24, 2.45) is 0 Å². The molecular weight excluding hydrogens is 354 g/mol. The summed E-state index contributed by atoms with van der Waals surface area (Å²) in [6.07, 6.45) is 0. The molecule has 0 spiro atoms. The molecule has 0 saturated carbocycles. The second kappa shape index (κ2) is 7.69. The van der Waals surface area contributed by atoms with Crippen LogP contribution in [0.1, 0.15) is 11.1 Å². The molecule has 2 aromatic rings. The Labute approximate surface area is 138 Å². The monoisotopic (exact) mass is 369 g/mol. The van der Waals surface area contributed by atoms with Crippen LogP contribution in [0.3, 0.4) is 0 Å². The number of halogens is 2. The topological polar surface area (TPSA) is 30.5 Å². The summed E-state index contributed by atoms with van der Waals surface area (Å²) < 4.78 is 11.6. The number of benzene rings is 2. The quantitative estimate of drug-likeness (QED) is 0.817. The first-order chi connectivity index (χ1) is 10.2. The fourth-order valence-electron chi connectivity index (χ4n) is 2.06. The van der Waals surface area contributed by atoms with E-state index in [4.69, 9.17) is 21.1 Å². The maximum Gasteiger partial charge on any atom is 0.179 e. The molecule has 0 aliphatic carbocycles. The van der Waals surface area contributed by atoms with E-state index in [9.17, 15) is 0 Å². The molecule has 0 aliphatic heterocycles. The lowest BCUT2D eigenvalue weighted by Gasteiger charge is -2.12. The van der Waals surface area contributed by atoms with Crippen LogP contribution in [0, 0.1) is 0 Å². The van der Waals surface area contributed by atoms with Gasteiger partial charge < -0.3 is 14.8 Å². The summed E-state index contributed by atoms with van der Waals surface area (Å²) in [6.45, 7) is 1.47. The van der Waals surface area contributed by atoms with Gasteiger partial charge in [-0.2, -0.15) is 0 Å². The number of hydrogen-bond acceptors (Lipinski definition) is 3. The van der Waals surface area contributed by atoms with Crippen molar-refractivity contribution < 1.29 is 9.47 Å². The van der Waals surface area contributed by atoms with Crippen molar-refractivity contribution in [3.63, 3.8) is 0 Å². The Morgan fingerprint density at radius 1 is 1.10 bits per heavy atom. The fourth-order valence-corrected chi connectivity index (χ4v) is 2.79. The zero-order chi connectivity index (χ0) is 15.2. The highest BCUT2D eigenvalue weighted by Gasteiger charge is 2.10. The van der Waals surface area contributed by atoms with Gasteiger partial charge in [0, 0.05) is 17.6 Å². The first-order valence-corrected chi connectivity index (χ1v) is 7.67. The molecule has 0 fully saturated rings. The van der Waals surface area contributed by atoms with E-state index in [1.165, 1.54) is 5.56 Å². The number of rotatable bonds is 6. The molecule has 0 amide bonds. The van der Waals surface area contributed by atoms with Crippen molar-refractivity contribution in [2.45, 2.75) is 13.1 Å². The van der Waals surface area contributed by atoms with Crippen LogP contribution in [0.2, 0.25) is 5.02 Å². The molecular formula is C16H17BrClNO2. The van der Waals surface area contributed by atoms with Gasteiger partial charge in [-0.1, -0.05) is 45.7 Å². The van der Waals surface area contributed by atoms with Crippen LogP contribution in [-0.4, -0.2) is 14.2 Å². The summed E-state index contributed by atoms with van der Waals surface area (Å²) in [7, 11) is 3.18. The van der Waals surface area contributed by atoms with Crippen LogP contribution in [0.15, 0.2) is 40.9 Å². The Balaban J connectivity index is 2.04. The van der Waals surface area contributed by atoms with Crippen LogP contribution < -0.4 is 14.8 Å². The largest absolute Gasteiger partial charge is 0.493 e. The van der Waals surface area contributed by atoms with Crippen LogP contribution in [-0.2, 0) is 13.1 Å². The van der Waals surface area contributed by atoms with Gasteiger partial charge in [-0.25, -0.2) is 0 Å². The minimum Gasteiger partial charge on any atom is -0.493 e. The minimum absolute atomic E-state index is 0.551. The number of hydrogen-bond donors (Lipinski definition) is 1. The normalized spacial score (nSPS) is 10.5. The zero-order valence-electron chi connectivity index (χ0n) is 12.0. The molecule has 0 heterocycles. The third-order valence-electron chi connectivity index (χ3n) is 3.10. The Bertz CT molecular complexity index is 619. The minimum atomic E-state index is 0.551. The SMILES string of the molecule is COc1cc(CNCc2ccccc2Br)cc(Cl)c1OC. The maximum atomic E-state index is 6.19. The van der Waals surface area contributed by atoms with Crippen LogP contribution in [0.4, 0.5) is 0 Å². The van der Waals surface area contributed by atoms with Gasteiger partial charge in [0.05, 0.1) is 19.2 Å². The molecule has 112 valence electrons. The van der Waals surface area contributed by atoms with E-state index < -0.39 is 0 Å². The molecule has 0 aliphatic rings. The molecule has 3 nitrogen and oxygen atoms in total. The third kappa shape index (κ3) is 4.13. The molecule has 2 aromatic carbocycles. The van der Waals surface area contributed by atoms with Crippen LogP contribution in [0.25, 0.3) is 0 Å². The van der Waals surface area contributed by atoms with E-state index in [-0.39, 0.29) is 0 Å². The average Bonchev–Trinajstić information content (AvgIpc) is 2.48. The lowest BCUT2D eigenvalue weighted by Crippen LogP contribution is -2.13. The molecule has 0 unspecified atom stereocenters. The van der Waals surface area contributed by atoms with E-state index in [2.05, 4.69) is 27.3 Å². The van der Waals surface area contributed by atoms with Crippen molar-refractivity contribution >= 4 is 27.5 Å². The molecule has 5 heteroatoms. The smallest absolute Gasteiger partial charge is 0.179 e. The molecule has 0 aromatic heterocycles. The second-order valence-electron chi connectivity index (χ2n) is 4.51. The van der Waals surface area contributed by atoms with Gasteiger partial charge in [0.25, 0.3) is 0 Å². The summed E-state index contributed by atoms with van der Waals surface area (Å²) in [5.74, 6) is 1.21. The number of methoxy groups -OCH3 is 2. The summed E-state index contributed by atoms with van der Waals surface area (Å²) in [4.78, 5) is 0. The van der Waals surface area contributed by atoms with Gasteiger partial charge in [0.15, 0.2) is 11.5 Å². The molecule has 1 N–H and O–H groups in total. The van der Waals surface area contributed by atoms with Crippen molar-refractivity contribution in [1.29, 1.82) is 0 Å². The Morgan fingerprint density at radius 2 is 1.86 bits per heavy atom. The lowest BCUT2D eigenvalue weighted by atomic mass is 10.2. The lowest BCUT2D eigenvalue weighted by molar-refractivity contribution is 0.354. The average molecular weight is 371 g/mol. The first-order valence-electron chi connectivity index (χ1n) is 6.50. The first kappa shape index (κ1) is 16.1. The predicted octanol–water partition coefficient (Wildman–Crippen LogP) is 4.41. The Morgan fingerprint density at radius 3 is 2.52 bits per heavy atom. The van der Waals surface area contributed by atoms with Crippen molar-refractivity contribution in [2.75, 3.05) is 14.2 Å². The van der Waals surface area contributed by atoms with Crippen molar-refractivity contribution in [3.8, 4) is 11.5 Å². The molecule has 0 radical (unpaired) electrons. The van der Waals surface area contributed by atoms with Crippen molar-refractivity contribution in [1.82, 2.24) is 5.32 Å². The second-order valence-corrected chi connectivity index (χ2v) is 5.77. The Hall–Kier alpha value is -1.23. The van der Waals surface area contributed by atoms with Gasteiger partial charge in [-0.05, 0) is 29.3 Å². The fraction of sp³-hybridized carbons (Fsp3) is 0.250. The summed E-state index contributed by atoms with van der Waals surface area (Å²) in [5.41, 5.74) is 2.26. The van der Waals surface area contributed by atoms with Crippen LogP contribution >= 0.6 is 27.5 Å². The third-order valence-corrected chi connectivity index (χ3v) is 4.15. The molecule has 2 rings (SSSR count). The summed E-state index contributed by atoms with van der Waals surface area (Å²) in [6, 6.07) is 12.0. The molecule has 0 saturated heterocycles. The number of ether oxygens (including phenoxy) is 2. The van der Waals surface area contributed by atoms with E-state index in [1.54, 1.807) is 14.2 Å². The van der Waals surface area contributed by atoms with Crippen LogP contribution in [0.5, 0.6) is 11.5 Å². The maximum absolute atomic E-state index is 6.19. The molecule has 21 heavy (non-hydrogen) atoms. The van der Waals surface area contributed by atoms with Gasteiger partial charge in [-0.3, -0.25) is 0 Å². The summed E-state index contributed by atoms with van der Waals surface area (Å²) in [5, 5.41) is 3.94. The zero-order valence-corrected chi connectivity index (χ0v) is 14.3. The standard InChI is InChI=1S/C16H17BrClNO2/c1-20-15-8-11(7-14(18)16(15)21-2)9-19-10-12-5-3-4-6-13(12)17/h3-8,19H,9-10H2,1-2H3. The van der Waals surface area contributed by atoms with E-state index in [0.717, 1.165) is 16.6 Å². The highest BCUT2D eigenvalue weighted by atomic mass is 79.9. The highest BCUT2D eigenvalue weighted by Crippen LogP contribution is 2.35. The molecule has 0 atom stereocenters. The van der Waals surface area contributed by atoms with Crippen molar-refractivity contribution in [3.05, 3.63) is 57.0 Å². The van der Waals surface area contributed by atoms with Gasteiger partial charge in [0.1, 0.15) is 0 Å². The van der Waals surface area contributed by atoms with Gasteiger partial charge >= 0.3 is 0 Å². The van der Waals surface area contributed by atoms with E-state index in [0.29, 0.717) is 23.1 Å². The highest BCUT2D eigenvalue weighted by molar-refractivity contribution is 9.10. The van der Waals surface area contributed by atoms with Gasteiger partial charge in [-0.15, -0.1) is 0 Å². The predicted molar refractivity (Wildman–Crippen MR) is 89.2 cm³/mol.